The van der Waals surface area contributed by atoms with Crippen LogP contribution in [-0.2, 0) is 11.2 Å². The van der Waals surface area contributed by atoms with Gasteiger partial charge in [0.1, 0.15) is 5.75 Å². The molecule has 1 N–H and O–H groups in total. The highest BCUT2D eigenvalue weighted by Crippen LogP contribution is 2.33. The zero-order valence-electron chi connectivity index (χ0n) is 13.4. The third-order valence-electron chi connectivity index (χ3n) is 3.38. The number of rotatable bonds is 5. The van der Waals surface area contributed by atoms with Crippen LogP contribution in [0.1, 0.15) is 5.69 Å². The minimum Gasteiger partial charge on any atom is -0.481 e. The number of carboxylic acids is 1. The molecular weight excluding hydrogens is 387 g/mol. The van der Waals surface area contributed by atoms with Gasteiger partial charge in [-0.15, -0.1) is 13.2 Å². The lowest BCUT2D eigenvalue weighted by Gasteiger charge is -2.12. The van der Waals surface area contributed by atoms with E-state index in [1.54, 1.807) is 18.3 Å². The van der Waals surface area contributed by atoms with Gasteiger partial charge in [0, 0.05) is 16.8 Å². The second kappa shape index (κ2) is 7.28. The van der Waals surface area contributed by atoms with Gasteiger partial charge in [-0.25, -0.2) is 4.68 Å². The van der Waals surface area contributed by atoms with Gasteiger partial charge in [0.05, 0.1) is 29.7 Å². The number of hydrogen-bond acceptors (Lipinski definition) is 4. The molecule has 0 spiro atoms. The highest BCUT2D eigenvalue weighted by Gasteiger charge is 2.31. The minimum atomic E-state index is -4.87. The predicted octanol–water partition coefficient (Wildman–Crippen LogP) is 4.11. The quantitative estimate of drug-likeness (QED) is 0.701. The molecule has 27 heavy (non-hydrogen) atoms. The maximum Gasteiger partial charge on any atom is 0.573 e. The van der Waals surface area contributed by atoms with Crippen molar-refractivity contribution >= 4 is 17.6 Å². The Morgan fingerprint density at radius 1 is 1.26 bits per heavy atom. The lowest BCUT2D eigenvalue weighted by atomic mass is 10.1. The van der Waals surface area contributed by atoms with Gasteiger partial charge in [0.15, 0.2) is 0 Å². The summed E-state index contributed by atoms with van der Waals surface area (Å²) in [6.07, 6.45) is -2.20. The topological polar surface area (TPSA) is 77.2 Å². The number of pyridine rings is 1. The number of carbonyl (C=O) groups is 1. The Bertz CT molecular complexity index is 975. The van der Waals surface area contributed by atoms with Crippen LogP contribution in [0.25, 0.3) is 16.9 Å². The van der Waals surface area contributed by atoms with Crippen molar-refractivity contribution in [2.75, 3.05) is 0 Å². The lowest BCUT2D eigenvalue weighted by Crippen LogP contribution is -2.17. The minimum absolute atomic E-state index is 0.0190. The summed E-state index contributed by atoms with van der Waals surface area (Å²) in [7, 11) is 0. The second-order valence-electron chi connectivity index (χ2n) is 5.44. The maximum atomic E-state index is 12.5. The Hall–Kier alpha value is -3.07. The van der Waals surface area contributed by atoms with Crippen LogP contribution in [0.2, 0.25) is 5.02 Å². The molecule has 2 heterocycles. The van der Waals surface area contributed by atoms with Crippen LogP contribution in [0.5, 0.6) is 5.75 Å². The monoisotopic (exact) mass is 397 g/mol. The Kier molecular flexibility index (Phi) is 5.04. The van der Waals surface area contributed by atoms with Crippen molar-refractivity contribution in [3.8, 4) is 22.7 Å². The first kappa shape index (κ1) is 18.7. The summed E-state index contributed by atoms with van der Waals surface area (Å²) in [5.41, 5.74) is 1.34. The van der Waals surface area contributed by atoms with Crippen molar-refractivity contribution in [3.05, 3.63) is 59.5 Å². The van der Waals surface area contributed by atoms with Crippen molar-refractivity contribution in [3.63, 3.8) is 0 Å². The van der Waals surface area contributed by atoms with Crippen LogP contribution in [0.15, 0.2) is 48.8 Å². The van der Waals surface area contributed by atoms with Gasteiger partial charge in [0.25, 0.3) is 0 Å². The average molecular weight is 398 g/mol. The average Bonchev–Trinajstić information content (AvgIpc) is 2.96. The highest BCUT2D eigenvalue weighted by molar-refractivity contribution is 6.31. The Morgan fingerprint density at radius 2 is 2.04 bits per heavy atom. The van der Waals surface area contributed by atoms with E-state index < -0.39 is 18.1 Å². The van der Waals surface area contributed by atoms with Gasteiger partial charge in [-0.1, -0.05) is 11.6 Å². The van der Waals surface area contributed by atoms with E-state index in [0.29, 0.717) is 11.4 Å². The van der Waals surface area contributed by atoms with Crippen molar-refractivity contribution in [1.82, 2.24) is 14.8 Å². The van der Waals surface area contributed by atoms with Gasteiger partial charge in [-0.2, -0.15) is 5.10 Å². The molecule has 0 aliphatic heterocycles. The lowest BCUT2D eigenvalue weighted by molar-refractivity contribution is -0.274. The van der Waals surface area contributed by atoms with E-state index in [1.807, 2.05) is 0 Å². The summed E-state index contributed by atoms with van der Waals surface area (Å²) >= 11 is 5.93. The molecule has 140 valence electrons. The molecule has 0 saturated heterocycles. The first-order chi connectivity index (χ1) is 12.7. The number of benzene rings is 1. The summed E-state index contributed by atoms with van der Waals surface area (Å²) in [5, 5.41) is 13.2. The summed E-state index contributed by atoms with van der Waals surface area (Å²) in [6, 6.07) is 8.39. The molecule has 0 radical (unpaired) electrons. The molecule has 6 nitrogen and oxygen atoms in total. The normalized spacial score (nSPS) is 11.4. The molecule has 0 aliphatic rings. The number of carboxylic acid groups (broad SMARTS) is 1. The molecule has 0 atom stereocenters. The standard InChI is InChI=1S/C17H11ClF3N3O3/c18-11-4-10(5-14(6-11)27-17(19,20)21)15-7-12(8-16(25)26)23-24(15)13-2-1-3-22-9-13/h1-7,9H,8H2,(H,25,26). The molecule has 3 aromatic rings. The number of alkyl halides is 3. The van der Waals surface area contributed by atoms with Gasteiger partial charge in [-0.05, 0) is 36.4 Å². The van der Waals surface area contributed by atoms with Gasteiger partial charge in [0.2, 0.25) is 0 Å². The van der Waals surface area contributed by atoms with E-state index in [9.17, 15) is 18.0 Å². The predicted molar refractivity (Wildman–Crippen MR) is 89.8 cm³/mol. The molecule has 3 rings (SSSR count). The molecule has 0 amide bonds. The molecule has 0 unspecified atom stereocenters. The van der Waals surface area contributed by atoms with E-state index in [-0.39, 0.29) is 22.7 Å². The van der Waals surface area contributed by atoms with Gasteiger partial charge >= 0.3 is 12.3 Å². The smallest absolute Gasteiger partial charge is 0.481 e. The fraction of sp³-hybridized carbons (Fsp3) is 0.118. The first-order valence-electron chi connectivity index (χ1n) is 7.49. The van der Waals surface area contributed by atoms with Crippen LogP contribution in [0, 0.1) is 0 Å². The summed E-state index contributed by atoms with van der Waals surface area (Å²) in [5.74, 6) is -1.59. The molecule has 10 heteroatoms. The van der Waals surface area contributed by atoms with Crippen molar-refractivity contribution in [2.45, 2.75) is 12.8 Å². The fourth-order valence-corrected chi connectivity index (χ4v) is 2.68. The molecule has 1 aromatic carbocycles. The molecule has 0 saturated carbocycles. The first-order valence-corrected chi connectivity index (χ1v) is 7.87. The van der Waals surface area contributed by atoms with Crippen LogP contribution in [0.3, 0.4) is 0 Å². The SMILES string of the molecule is O=C(O)Cc1cc(-c2cc(Cl)cc(OC(F)(F)F)c2)n(-c2cccnc2)n1. The third kappa shape index (κ3) is 4.76. The zero-order valence-corrected chi connectivity index (χ0v) is 14.2. The Morgan fingerprint density at radius 3 is 2.67 bits per heavy atom. The Balaban J connectivity index is 2.12. The zero-order chi connectivity index (χ0) is 19.6. The largest absolute Gasteiger partial charge is 0.573 e. The van der Waals surface area contributed by atoms with E-state index in [1.165, 1.54) is 23.0 Å². The van der Waals surface area contributed by atoms with Crippen LogP contribution < -0.4 is 4.74 Å². The van der Waals surface area contributed by atoms with Gasteiger partial charge in [-0.3, -0.25) is 9.78 Å². The third-order valence-corrected chi connectivity index (χ3v) is 3.60. The molecule has 2 aromatic heterocycles. The molecular formula is C17H11ClF3N3O3. The number of aliphatic carboxylic acids is 1. The number of halogens is 4. The van der Waals surface area contributed by atoms with E-state index >= 15 is 0 Å². The van der Waals surface area contributed by atoms with Crippen molar-refractivity contribution < 1.29 is 27.8 Å². The Labute approximate surface area is 155 Å². The number of ether oxygens (including phenoxy) is 1. The van der Waals surface area contributed by atoms with Crippen molar-refractivity contribution in [1.29, 1.82) is 0 Å². The summed E-state index contributed by atoms with van der Waals surface area (Å²) in [4.78, 5) is 15.0. The number of aromatic nitrogens is 3. The van der Waals surface area contributed by atoms with Crippen molar-refractivity contribution in [2.24, 2.45) is 0 Å². The molecule has 0 aliphatic carbocycles. The van der Waals surface area contributed by atoms with Crippen LogP contribution >= 0.6 is 11.6 Å². The molecule has 0 fully saturated rings. The van der Waals surface area contributed by atoms with E-state index in [4.69, 9.17) is 16.7 Å². The second-order valence-corrected chi connectivity index (χ2v) is 5.87. The van der Waals surface area contributed by atoms with E-state index in [0.717, 1.165) is 12.1 Å². The number of hydrogen-bond donors (Lipinski definition) is 1. The summed E-state index contributed by atoms with van der Waals surface area (Å²) in [6.45, 7) is 0. The highest BCUT2D eigenvalue weighted by atomic mass is 35.5. The van der Waals surface area contributed by atoms with Crippen LogP contribution in [-0.4, -0.2) is 32.2 Å². The fourth-order valence-electron chi connectivity index (χ4n) is 2.46. The van der Waals surface area contributed by atoms with E-state index in [2.05, 4.69) is 14.8 Å². The molecule has 0 bridgehead atoms. The summed E-state index contributed by atoms with van der Waals surface area (Å²) < 4.78 is 43.0. The maximum absolute atomic E-state index is 12.5. The van der Waals surface area contributed by atoms with Gasteiger partial charge < -0.3 is 9.84 Å². The number of nitrogens with zero attached hydrogens (tertiary/aromatic N) is 3. The van der Waals surface area contributed by atoms with Crippen LogP contribution in [0.4, 0.5) is 13.2 Å².